The molecule has 0 saturated heterocycles. The SMILES string of the molecule is CC(C)OC(=O)N1C[C@H](C)N(C(=O)C2CC2)c2ccc(C3=C[N]N=C3)cc21. The summed E-state index contributed by atoms with van der Waals surface area (Å²) in [6.07, 6.45) is 4.63. The molecule has 1 radical (unpaired) electrons. The lowest BCUT2D eigenvalue weighted by Crippen LogP contribution is -2.52. The Labute approximate surface area is 158 Å². The van der Waals surface area contributed by atoms with Gasteiger partial charge in [-0.15, -0.1) is 0 Å². The Morgan fingerprint density at radius 3 is 2.63 bits per heavy atom. The monoisotopic (exact) mass is 367 g/mol. The van der Waals surface area contributed by atoms with Crippen LogP contribution in [0, 0.1) is 5.92 Å². The van der Waals surface area contributed by atoms with Crippen molar-refractivity contribution in [1.82, 2.24) is 5.43 Å². The van der Waals surface area contributed by atoms with Gasteiger partial charge in [-0.05, 0) is 51.3 Å². The van der Waals surface area contributed by atoms with Crippen LogP contribution in [-0.4, -0.2) is 36.9 Å². The highest BCUT2D eigenvalue weighted by Crippen LogP contribution is 2.41. The van der Waals surface area contributed by atoms with E-state index in [1.54, 1.807) is 17.3 Å². The average molecular weight is 367 g/mol. The van der Waals surface area contributed by atoms with Crippen LogP contribution < -0.4 is 15.2 Å². The summed E-state index contributed by atoms with van der Waals surface area (Å²) >= 11 is 0. The van der Waals surface area contributed by atoms with Crippen molar-refractivity contribution in [3.8, 4) is 0 Å². The summed E-state index contributed by atoms with van der Waals surface area (Å²) in [4.78, 5) is 29.1. The summed E-state index contributed by atoms with van der Waals surface area (Å²) in [5.41, 5.74) is 7.08. The van der Waals surface area contributed by atoms with Gasteiger partial charge in [-0.3, -0.25) is 9.69 Å². The molecule has 2 aliphatic heterocycles. The second-order valence-corrected chi connectivity index (χ2v) is 7.52. The Bertz CT molecular complexity index is 842. The van der Waals surface area contributed by atoms with Crippen LogP contribution in [-0.2, 0) is 9.53 Å². The lowest BCUT2D eigenvalue weighted by Gasteiger charge is -2.41. The summed E-state index contributed by atoms with van der Waals surface area (Å²) in [6.45, 7) is 6.02. The Balaban J connectivity index is 1.76. The van der Waals surface area contributed by atoms with E-state index in [1.165, 1.54) is 0 Å². The summed E-state index contributed by atoms with van der Waals surface area (Å²) in [5.74, 6) is 0.252. The van der Waals surface area contributed by atoms with Crippen LogP contribution in [0.1, 0.15) is 39.2 Å². The van der Waals surface area contributed by atoms with Crippen LogP contribution in [0.3, 0.4) is 0 Å². The maximum absolute atomic E-state index is 12.9. The van der Waals surface area contributed by atoms with Gasteiger partial charge in [-0.2, -0.15) is 10.5 Å². The fourth-order valence-corrected chi connectivity index (χ4v) is 3.48. The quantitative estimate of drug-likeness (QED) is 0.823. The molecule has 1 aromatic rings. The number of hydrogen-bond donors (Lipinski definition) is 0. The number of amides is 2. The third-order valence-corrected chi connectivity index (χ3v) is 4.93. The molecule has 1 saturated carbocycles. The lowest BCUT2D eigenvalue weighted by atomic mass is 10.0. The van der Waals surface area contributed by atoms with Gasteiger partial charge in [-0.1, -0.05) is 6.07 Å². The third kappa shape index (κ3) is 3.29. The number of allylic oxidation sites excluding steroid dienone is 1. The van der Waals surface area contributed by atoms with Gasteiger partial charge in [0.05, 0.1) is 35.9 Å². The molecule has 0 bridgehead atoms. The number of benzene rings is 1. The highest BCUT2D eigenvalue weighted by Gasteiger charge is 2.41. The Hall–Kier alpha value is -2.83. The first-order valence-corrected chi connectivity index (χ1v) is 9.34. The molecule has 141 valence electrons. The number of anilines is 2. The smallest absolute Gasteiger partial charge is 0.414 e. The van der Waals surface area contributed by atoms with E-state index in [2.05, 4.69) is 10.5 Å². The molecule has 7 heteroatoms. The highest BCUT2D eigenvalue weighted by molar-refractivity contribution is 6.12. The zero-order chi connectivity index (χ0) is 19.1. The van der Waals surface area contributed by atoms with E-state index in [9.17, 15) is 9.59 Å². The van der Waals surface area contributed by atoms with E-state index in [1.807, 2.05) is 43.9 Å². The molecule has 4 rings (SSSR count). The topological polar surface area (TPSA) is 76.3 Å². The molecule has 27 heavy (non-hydrogen) atoms. The van der Waals surface area contributed by atoms with Crippen LogP contribution in [0.25, 0.3) is 5.57 Å². The number of ether oxygens (including phenoxy) is 1. The minimum atomic E-state index is -0.396. The van der Waals surface area contributed by atoms with E-state index in [0.717, 1.165) is 29.7 Å². The fourth-order valence-electron chi connectivity index (χ4n) is 3.48. The summed E-state index contributed by atoms with van der Waals surface area (Å²) in [7, 11) is 0. The van der Waals surface area contributed by atoms with E-state index in [-0.39, 0.29) is 24.0 Å². The predicted molar refractivity (Wildman–Crippen MR) is 104 cm³/mol. The van der Waals surface area contributed by atoms with Crippen LogP contribution in [0.4, 0.5) is 16.2 Å². The molecule has 1 aliphatic carbocycles. The maximum Gasteiger partial charge on any atom is 0.414 e. The summed E-state index contributed by atoms with van der Waals surface area (Å²) in [5, 5.41) is 3.87. The van der Waals surface area contributed by atoms with Crippen molar-refractivity contribution in [3.05, 3.63) is 30.0 Å². The second-order valence-electron chi connectivity index (χ2n) is 7.52. The number of nitrogens with zero attached hydrogens (tertiary/aromatic N) is 4. The first-order valence-electron chi connectivity index (χ1n) is 9.34. The molecule has 1 aromatic carbocycles. The lowest BCUT2D eigenvalue weighted by molar-refractivity contribution is -0.120. The molecular weight excluding hydrogens is 344 g/mol. The standard InChI is InChI=1S/C20H23N4O3/c1-12(2)27-20(26)23-11-13(3)24(19(25)14-4-5-14)17-7-6-15(8-18(17)23)16-9-21-22-10-16/h6-10,12-14H,4-5,11H2,1-3H3/t13-/m0/s1. The number of carbonyl (C=O) groups is 2. The van der Waals surface area contributed by atoms with Gasteiger partial charge in [0.15, 0.2) is 0 Å². The molecule has 0 unspecified atom stereocenters. The molecule has 2 amide bonds. The average Bonchev–Trinajstić information content (AvgIpc) is 3.34. The Morgan fingerprint density at radius 1 is 1.22 bits per heavy atom. The number of hydrogen-bond acceptors (Lipinski definition) is 4. The van der Waals surface area contributed by atoms with Gasteiger partial charge in [-0.25, -0.2) is 4.79 Å². The van der Waals surface area contributed by atoms with Gasteiger partial charge in [0.1, 0.15) is 0 Å². The molecule has 0 N–H and O–H groups in total. The van der Waals surface area contributed by atoms with Gasteiger partial charge < -0.3 is 9.64 Å². The highest BCUT2D eigenvalue weighted by atomic mass is 16.6. The van der Waals surface area contributed by atoms with E-state index in [4.69, 9.17) is 4.74 Å². The van der Waals surface area contributed by atoms with Gasteiger partial charge in [0.2, 0.25) is 5.91 Å². The van der Waals surface area contributed by atoms with Crippen LogP contribution >= 0.6 is 0 Å². The van der Waals surface area contributed by atoms with Crippen molar-refractivity contribution in [3.63, 3.8) is 0 Å². The van der Waals surface area contributed by atoms with Gasteiger partial charge in [0, 0.05) is 18.0 Å². The van der Waals surface area contributed by atoms with Crippen LogP contribution in [0.15, 0.2) is 29.5 Å². The molecule has 7 nitrogen and oxygen atoms in total. The number of fused-ring (bicyclic) bond motifs is 1. The van der Waals surface area contributed by atoms with E-state index < -0.39 is 6.09 Å². The van der Waals surface area contributed by atoms with Crippen molar-refractivity contribution in [2.75, 3.05) is 16.3 Å². The van der Waals surface area contributed by atoms with E-state index in [0.29, 0.717) is 12.2 Å². The van der Waals surface area contributed by atoms with Crippen LogP contribution in [0.5, 0.6) is 0 Å². The maximum atomic E-state index is 12.9. The molecule has 0 spiro atoms. The minimum absolute atomic E-state index is 0.109. The predicted octanol–water partition coefficient (Wildman–Crippen LogP) is 3.13. The van der Waals surface area contributed by atoms with Crippen molar-refractivity contribution >= 4 is 35.2 Å². The Kier molecular flexibility index (Phi) is 4.37. The zero-order valence-corrected chi connectivity index (χ0v) is 15.8. The normalized spacial score (nSPS) is 21.0. The first-order chi connectivity index (χ1) is 13.0. The molecule has 1 fully saturated rings. The number of rotatable bonds is 3. The molecule has 2 heterocycles. The molecule has 0 aromatic heterocycles. The fraction of sp³-hybridized carbons (Fsp3) is 0.450. The minimum Gasteiger partial charge on any atom is -0.446 e. The first kappa shape index (κ1) is 17.6. The largest absolute Gasteiger partial charge is 0.446 e. The van der Waals surface area contributed by atoms with Crippen LogP contribution in [0.2, 0.25) is 0 Å². The van der Waals surface area contributed by atoms with Crippen molar-refractivity contribution in [1.29, 1.82) is 0 Å². The second kappa shape index (κ2) is 6.72. The molecule has 3 aliphatic rings. The zero-order valence-electron chi connectivity index (χ0n) is 15.8. The van der Waals surface area contributed by atoms with Crippen molar-refractivity contribution in [2.24, 2.45) is 11.0 Å². The molecular formula is C20H23N4O3. The van der Waals surface area contributed by atoms with Gasteiger partial charge in [0.25, 0.3) is 0 Å². The molecule has 1 atom stereocenters. The van der Waals surface area contributed by atoms with E-state index >= 15 is 0 Å². The van der Waals surface area contributed by atoms with Crippen molar-refractivity contribution < 1.29 is 14.3 Å². The summed E-state index contributed by atoms with van der Waals surface area (Å²) in [6, 6.07) is 5.64. The Morgan fingerprint density at radius 2 is 2.00 bits per heavy atom. The van der Waals surface area contributed by atoms with Crippen molar-refractivity contribution in [2.45, 2.75) is 45.8 Å². The third-order valence-electron chi connectivity index (χ3n) is 4.93. The van der Waals surface area contributed by atoms with Gasteiger partial charge >= 0.3 is 6.09 Å². The number of carbonyl (C=O) groups excluding carboxylic acids is 2. The summed E-state index contributed by atoms with van der Waals surface area (Å²) < 4.78 is 5.44.